The van der Waals surface area contributed by atoms with Gasteiger partial charge in [-0.15, -0.1) is 0 Å². The van der Waals surface area contributed by atoms with Crippen LogP contribution in [0.15, 0.2) is 12.1 Å². The van der Waals surface area contributed by atoms with Crippen molar-refractivity contribution < 1.29 is 41.0 Å². The molecule has 0 bridgehead atoms. The van der Waals surface area contributed by atoms with Gasteiger partial charge < -0.3 is 9.47 Å². The molecule has 0 atom stereocenters. The maximum Gasteiger partial charge on any atom is 0.453 e. The quantitative estimate of drug-likeness (QED) is 0.213. The zero-order valence-electron chi connectivity index (χ0n) is 13.3. The molecule has 0 radical (unpaired) electrons. The Morgan fingerprint density at radius 1 is 0.926 bits per heavy atom. The predicted octanol–water partition coefficient (Wildman–Crippen LogP) is 5.85. The van der Waals surface area contributed by atoms with Gasteiger partial charge >= 0.3 is 24.0 Å². The van der Waals surface area contributed by atoms with E-state index < -0.39 is 56.3 Å². The van der Waals surface area contributed by atoms with Crippen LogP contribution in [0.4, 0.5) is 22.0 Å². The molecular weight excluding hydrogens is 446 g/mol. The molecule has 1 aromatic carbocycles. The van der Waals surface area contributed by atoms with Gasteiger partial charge in [0, 0.05) is 11.4 Å². The number of ether oxygens (including phenoxy) is 2. The molecule has 152 valence electrons. The Balaban J connectivity index is 2.36. The molecule has 0 aliphatic heterocycles. The van der Waals surface area contributed by atoms with Crippen LogP contribution in [-0.2, 0) is 14.3 Å². The number of carbonyl (C=O) groups is 2. The summed E-state index contributed by atoms with van der Waals surface area (Å²) >= 11 is 17.3. The third kappa shape index (κ3) is 7.67. The van der Waals surface area contributed by atoms with E-state index in [1.807, 2.05) is 0 Å². The Morgan fingerprint density at radius 3 is 1.96 bits per heavy atom. The Kier molecular flexibility index (Phi) is 8.56. The molecular formula is C15H12Cl3F5O4. The molecule has 1 aromatic rings. The Morgan fingerprint density at radius 2 is 1.44 bits per heavy atom. The van der Waals surface area contributed by atoms with Crippen molar-refractivity contribution in [2.45, 2.75) is 37.8 Å². The fourth-order valence-corrected chi connectivity index (χ4v) is 2.58. The third-order valence-corrected chi connectivity index (χ3v) is 3.80. The smallest absolute Gasteiger partial charge is 0.453 e. The summed E-state index contributed by atoms with van der Waals surface area (Å²) in [5.41, 5.74) is 0. The van der Waals surface area contributed by atoms with E-state index in [2.05, 4.69) is 4.74 Å². The van der Waals surface area contributed by atoms with Gasteiger partial charge in [0.05, 0.1) is 29.5 Å². The van der Waals surface area contributed by atoms with E-state index in [1.165, 1.54) is 12.1 Å². The molecule has 0 unspecified atom stereocenters. The van der Waals surface area contributed by atoms with Crippen molar-refractivity contribution in [3.05, 3.63) is 27.2 Å². The minimum absolute atomic E-state index is 0.0333. The van der Waals surface area contributed by atoms with Gasteiger partial charge in [-0.2, -0.15) is 22.0 Å². The normalized spacial score (nSPS) is 12.0. The van der Waals surface area contributed by atoms with Crippen LogP contribution >= 0.6 is 34.8 Å². The van der Waals surface area contributed by atoms with Gasteiger partial charge in [0.1, 0.15) is 0 Å². The Bertz CT molecular complexity index is 672. The van der Waals surface area contributed by atoms with Gasteiger partial charge in [0.2, 0.25) is 0 Å². The monoisotopic (exact) mass is 456 g/mol. The number of alkyl halides is 5. The van der Waals surface area contributed by atoms with E-state index in [0.29, 0.717) is 0 Å². The van der Waals surface area contributed by atoms with Crippen LogP contribution < -0.4 is 4.74 Å². The second-order valence-electron chi connectivity index (χ2n) is 5.20. The highest BCUT2D eigenvalue weighted by atomic mass is 35.5. The van der Waals surface area contributed by atoms with Crippen molar-refractivity contribution in [1.29, 1.82) is 0 Å². The van der Waals surface area contributed by atoms with E-state index in [4.69, 9.17) is 39.5 Å². The molecule has 1 rings (SSSR count). The summed E-state index contributed by atoms with van der Waals surface area (Å²) in [5, 5.41) is 0.146. The zero-order chi connectivity index (χ0) is 20.8. The van der Waals surface area contributed by atoms with Gasteiger partial charge in [-0.3, -0.25) is 9.59 Å². The summed E-state index contributed by atoms with van der Waals surface area (Å²) in [6.07, 6.45) is -8.80. The van der Waals surface area contributed by atoms with Crippen molar-refractivity contribution in [3.63, 3.8) is 0 Å². The van der Waals surface area contributed by atoms with E-state index in [-0.39, 0.29) is 20.8 Å². The lowest BCUT2D eigenvalue weighted by atomic mass is 10.2. The van der Waals surface area contributed by atoms with Gasteiger partial charge in [0.25, 0.3) is 0 Å². The lowest BCUT2D eigenvalue weighted by Crippen LogP contribution is -2.36. The predicted molar refractivity (Wildman–Crippen MR) is 87.5 cm³/mol. The summed E-state index contributed by atoms with van der Waals surface area (Å²) in [5.74, 6) is -6.87. The molecule has 0 saturated carbocycles. The first-order chi connectivity index (χ1) is 12.3. The second-order valence-corrected chi connectivity index (χ2v) is 6.45. The van der Waals surface area contributed by atoms with E-state index in [0.717, 1.165) is 0 Å². The van der Waals surface area contributed by atoms with Crippen LogP contribution in [-0.4, -0.2) is 30.6 Å². The van der Waals surface area contributed by atoms with Gasteiger partial charge in [-0.25, -0.2) is 0 Å². The topological polar surface area (TPSA) is 52.6 Å². The maximum absolute atomic E-state index is 12.6. The largest absolute Gasteiger partial charge is 0.466 e. The summed E-state index contributed by atoms with van der Waals surface area (Å²) in [6.45, 7) is -0.644. The fourth-order valence-electron chi connectivity index (χ4n) is 1.69. The first-order valence-electron chi connectivity index (χ1n) is 7.29. The zero-order valence-corrected chi connectivity index (χ0v) is 15.6. The van der Waals surface area contributed by atoms with Crippen molar-refractivity contribution in [1.82, 2.24) is 0 Å². The summed E-state index contributed by atoms with van der Waals surface area (Å²) < 4.78 is 70.5. The van der Waals surface area contributed by atoms with Crippen molar-refractivity contribution >= 4 is 46.7 Å². The minimum atomic E-state index is -5.66. The first kappa shape index (κ1) is 23.7. The van der Waals surface area contributed by atoms with Crippen molar-refractivity contribution in [2.75, 3.05) is 6.61 Å². The van der Waals surface area contributed by atoms with E-state index >= 15 is 0 Å². The molecule has 0 fully saturated rings. The average molecular weight is 458 g/mol. The first-order valence-corrected chi connectivity index (χ1v) is 8.42. The SMILES string of the molecule is O=C(CCC(=O)Oc1c(Cl)cc(Cl)cc1Cl)OCCCC(F)(F)C(F)(F)F. The Hall–Kier alpha value is -1.32. The highest BCUT2D eigenvalue weighted by molar-refractivity contribution is 6.40. The summed E-state index contributed by atoms with van der Waals surface area (Å²) in [7, 11) is 0. The lowest BCUT2D eigenvalue weighted by Gasteiger charge is -2.19. The second kappa shape index (κ2) is 9.75. The lowest BCUT2D eigenvalue weighted by molar-refractivity contribution is -0.285. The molecule has 0 aliphatic rings. The fraction of sp³-hybridized carbons (Fsp3) is 0.467. The summed E-state index contributed by atoms with van der Waals surface area (Å²) in [4.78, 5) is 23.1. The standard InChI is InChI=1S/C15H12Cl3F5O4/c16-8-6-9(17)13(10(18)7-8)27-12(25)3-2-11(24)26-5-1-4-14(19,20)15(21,22)23/h6-7H,1-5H2. The molecule has 0 amide bonds. The number of hydrogen-bond donors (Lipinski definition) is 0. The van der Waals surface area contributed by atoms with Crippen LogP contribution in [0.2, 0.25) is 15.1 Å². The molecule has 0 spiro atoms. The maximum atomic E-state index is 12.6. The molecule has 27 heavy (non-hydrogen) atoms. The molecule has 0 heterocycles. The number of halogens is 8. The van der Waals surface area contributed by atoms with Crippen LogP contribution in [0.1, 0.15) is 25.7 Å². The third-order valence-electron chi connectivity index (χ3n) is 3.03. The van der Waals surface area contributed by atoms with Crippen LogP contribution in [0.3, 0.4) is 0 Å². The number of carbonyl (C=O) groups excluding carboxylic acids is 2. The minimum Gasteiger partial charge on any atom is -0.466 e. The molecule has 4 nitrogen and oxygen atoms in total. The highest BCUT2D eigenvalue weighted by Gasteiger charge is 2.56. The molecule has 0 aliphatic carbocycles. The van der Waals surface area contributed by atoms with Crippen LogP contribution in [0, 0.1) is 0 Å². The van der Waals surface area contributed by atoms with E-state index in [9.17, 15) is 31.5 Å². The summed E-state index contributed by atoms with van der Waals surface area (Å²) in [6, 6.07) is 2.56. The average Bonchev–Trinajstić information content (AvgIpc) is 2.52. The van der Waals surface area contributed by atoms with Gasteiger partial charge in [0.15, 0.2) is 5.75 Å². The van der Waals surface area contributed by atoms with E-state index in [1.54, 1.807) is 0 Å². The number of benzene rings is 1. The molecule has 0 aromatic heterocycles. The molecule has 0 N–H and O–H groups in total. The molecule has 0 saturated heterocycles. The van der Waals surface area contributed by atoms with Gasteiger partial charge in [-0.1, -0.05) is 34.8 Å². The highest BCUT2D eigenvalue weighted by Crippen LogP contribution is 2.39. The Labute approximate surface area is 165 Å². The van der Waals surface area contributed by atoms with Crippen LogP contribution in [0.5, 0.6) is 5.75 Å². The number of esters is 2. The number of hydrogen-bond acceptors (Lipinski definition) is 4. The number of rotatable bonds is 8. The molecule has 12 heteroatoms. The van der Waals surface area contributed by atoms with Crippen molar-refractivity contribution in [2.24, 2.45) is 0 Å². The van der Waals surface area contributed by atoms with Gasteiger partial charge in [-0.05, 0) is 18.6 Å². The van der Waals surface area contributed by atoms with Crippen LogP contribution in [0.25, 0.3) is 0 Å². The van der Waals surface area contributed by atoms with Crippen molar-refractivity contribution in [3.8, 4) is 5.75 Å².